The molecule has 0 aromatic carbocycles. The van der Waals surface area contributed by atoms with Crippen LogP contribution < -0.4 is 11.1 Å². The number of halogens is 2. The molecule has 1 unspecified atom stereocenters. The van der Waals surface area contributed by atoms with Gasteiger partial charge < -0.3 is 16.0 Å². The zero-order chi connectivity index (χ0) is 15.3. The molecule has 1 aliphatic heterocycles. The van der Waals surface area contributed by atoms with Crippen LogP contribution in [0.1, 0.15) is 20.3 Å². The van der Waals surface area contributed by atoms with Crippen LogP contribution in [0.2, 0.25) is 0 Å². The smallest absolute Gasteiger partial charge is 0.267 e. The van der Waals surface area contributed by atoms with E-state index < -0.39 is 18.5 Å². The van der Waals surface area contributed by atoms with Crippen LogP contribution in [0.3, 0.4) is 0 Å². The molecule has 1 amide bonds. The van der Waals surface area contributed by atoms with Gasteiger partial charge in [-0.1, -0.05) is 12.7 Å². The van der Waals surface area contributed by atoms with Gasteiger partial charge >= 0.3 is 0 Å². The summed E-state index contributed by atoms with van der Waals surface area (Å²) >= 11 is 0. The van der Waals surface area contributed by atoms with Crippen LogP contribution in [0.4, 0.5) is 8.78 Å². The zero-order valence-electron chi connectivity index (χ0n) is 11.8. The van der Waals surface area contributed by atoms with Crippen LogP contribution in [-0.2, 0) is 4.79 Å². The summed E-state index contributed by atoms with van der Waals surface area (Å²) in [5.74, 6) is -3.13. The summed E-state index contributed by atoms with van der Waals surface area (Å²) in [6.07, 6.45) is 4.54. The molecular weight excluding hydrogens is 264 g/mol. The molecule has 1 heterocycles. The third kappa shape index (κ3) is 4.08. The lowest BCUT2D eigenvalue weighted by Gasteiger charge is -2.23. The number of carbonyl (C=O) groups excluding carboxylic acids is 1. The van der Waals surface area contributed by atoms with Gasteiger partial charge in [0.2, 0.25) is 5.91 Å². The largest absolute Gasteiger partial charge is 0.405 e. The summed E-state index contributed by atoms with van der Waals surface area (Å²) in [5.41, 5.74) is 6.59. The van der Waals surface area contributed by atoms with Crippen molar-refractivity contribution in [1.82, 2.24) is 10.2 Å². The summed E-state index contributed by atoms with van der Waals surface area (Å²) < 4.78 is 26.2. The highest BCUT2D eigenvalue weighted by atomic mass is 19.3. The average molecular weight is 285 g/mol. The molecule has 1 fully saturated rings. The Hall–Kier alpha value is -1.85. The van der Waals surface area contributed by atoms with Gasteiger partial charge in [0, 0.05) is 18.7 Å². The lowest BCUT2D eigenvalue weighted by molar-refractivity contribution is -0.133. The molecule has 0 aliphatic carbocycles. The van der Waals surface area contributed by atoms with Crippen molar-refractivity contribution in [2.75, 3.05) is 13.1 Å². The van der Waals surface area contributed by atoms with E-state index in [9.17, 15) is 13.6 Å². The van der Waals surface area contributed by atoms with E-state index in [-0.39, 0.29) is 18.9 Å². The van der Waals surface area contributed by atoms with E-state index in [0.717, 1.165) is 5.57 Å². The third-order valence-electron chi connectivity index (χ3n) is 3.18. The number of nitrogens with zero attached hydrogens (tertiary/aromatic N) is 1. The number of alkyl halides is 2. The van der Waals surface area contributed by atoms with Gasteiger partial charge in [0.15, 0.2) is 0 Å². The van der Waals surface area contributed by atoms with E-state index >= 15 is 0 Å². The molecule has 1 saturated heterocycles. The van der Waals surface area contributed by atoms with Crippen molar-refractivity contribution in [2.24, 2.45) is 5.73 Å². The Morgan fingerprint density at radius 1 is 1.55 bits per heavy atom. The summed E-state index contributed by atoms with van der Waals surface area (Å²) in [4.78, 5) is 13.2. The lowest BCUT2D eigenvalue weighted by atomic mass is 10.1. The van der Waals surface area contributed by atoms with Crippen LogP contribution >= 0.6 is 0 Å². The molecule has 0 aromatic heterocycles. The van der Waals surface area contributed by atoms with Crippen LogP contribution in [-0.4, -0.2) is 35.9 Å². The molecule has 1 aliphatic rings. The van der Waals surface area contributed by atoms with Crippen LogP contribution in [0.5, 0.6) is 0 Å². The van der Waals surface area contributed by atoms with Gasteiger partial charge in [-0.15, -0.1) is 0 Å². The highest BCUT2D eigenvalue weighted by molar-refractivity contribution is 5.82. The zero-order valence-corrected chi connectivity index (χ0v) is 11.8. The number of likely N-dealkylation sites (tertiary alicyclic amines) is 1. The Labute approximate surface area is 118 Å². The molecule has 3 N–H and O–H groups in total. The van der Waals surface area contributed by atoms with Gasteiger partial charge in [0.05, 0.1) is 6.54 Å². The molecule has 0 radical (unpaired) electrons. The van der Waals surface area contributed by atoms with Crippen molar-refractivity contribution in [2.45, 2.75) is 32.2 Å². The number of hydrogen-bond donors (Lipinski definition) is 2. The first kappa shape index (κ1) is 16.2. The quantitative estimate of drug-likeness (QED) is 0.757. The number of hydrogen-bond acceptors (Lipinski definition) is 3. The molecule has 1 atom stereocenters. The first-order valence-corrected chi connectivity index (χ1v) is 6.47. The normalized spacial score (nSPS) is 20.2. The van der Waals surface area contributed by atoms with Gasteiger partial charge in [-0.05, 0) is 31.7 Å². The van der Waals surface area contributed by atoms with Gasteiger partial charge in [0.1, 0.15) is 6.04 Å². The summed E-state index contributed by atoms with van der Waals surface area (Å²) in [7, 11) is 0. The van der Waals surface area contributed by atoms with Crippen molar-refractivity contribution >= 4 is 5.91 Å². The molecule has 0 bridgehead atoms. The standard InChI is InChI=1S/C14H21F2N3O/c1-4-12(5-7-17)10(2)18-11(3)13(20)19-8-6-14(15,16)9-19/h4-5,7,11,18H,2,6,8-9,17H2,1,3H3/b7-5-,12-4+. The minimum atomic E-state index is -2.77. The Balaban J connectivity index is 2.61. The van der Waals surface area contributed by atoms with Crippen molar-refractivity contribution in [1.29, 1.82) is 0 Å². The molecule has 6 heteroatoms. The van der Waals surface area contributed by atoms with Crippen molar-refractivity contribution in [3.8, 4) is 0 Å². The maximum absolute atomic E-state index is 13.1. The Morgan fingerprint density at radius 3 is 2.65 bits per heavy atom. The SMILES string of the molecule is C=C(NC(C)C(=O)N1CCC(F)(F)C1)C(/C=C\N)=C/C. The summed E-state index contributed by atoms with van der Waals surface area (Å²) in [5, 5.41) is 2.91. The monoisotopic (exact) mass is 285 g/mol. The van der Waals surface area contributed by atoms with Gasteiger partial charge in [-0.25, -0.2) is 8.78 Å². The predicted octanol–water partition coefficient (Wildman–Crippen LogP) is 1.76. The van der Waals surface area contributed by atoms with Crippen LogP contribution in [0.25, 0.3) is 0 Å². The van der Waals surface area contributed by atoms with E-state index in [4.69, 9.17) is 5.73 Å². The minimum Gasteiger partial charge on any atom is -0.405 e. The fraction of sp³-hybridized carbons (Fsp3) is 0.500. The van der Waals surface area contributed by atoms with Gasteiger partial charge in [-0.2, -0.15) is 0 Å². The number of rotatable bonds is 5. The van der Waals surface area contributed by atoms with E-state index in [1.807, 2.05) is 6.92 Å². The molecule has 0 aromatic rings. The number of allylic oxidation sites excluding steroid dienone is 2. The van der Waals surface area contributed by atoms with Crippen molar-refractivity contribution < 1.29 is 13.6 Å². The van der Waals surface area contributed by atoms with Crippen LogP contribution in [0, 0.1) is 0 Å². The summed E-state index contributed by atoms with van der Waals surface area (Å²) in [6, 6.07) is -0.613. The molecule has 20 heavy (non-hydrogen) atoms. The second kappa shape index (κ2) is 6.54. The highest BCUT2D eigenvalue weighted by Gasteiger charge is 2.41. The Kier molecular flexibility index (Phi) is 5.30. The molecular formula is C14H21F2N3O. The second-order valence-corrected chi connectivity index (χ2v) is 4.81. The number of carbonyl (C=O) groups is 1. The van der Waals surface area contributed by atoms with E-state index in [0.29, 0.717) is 5.70 Å². The molecule has 0 saturated carbocycles. The first-order valence-electron chi connectivity index (χ1n) is 6.47. The molecule has 0 spiro atoms. The van der Waals surface area contributed by atoms with E-state index in [1.54, 1.807) is 19.1 Å². The van der Waals surface area contributed by atoms with Gasteiger partial charge in [-0.3, -0.25) is 4.79 Å². The number of nitrogens with two attached hydrogens (primary N) is 1. The molecule has 1 rings (SSSR count). The van der Waals surface area contributed by atoms with E-state index in [1.165, 1.54) is 11.1 Å². The second-order valence-electron chi connectivity index (χ2n) is 4.81. The average Bonchev–Trinajstić information content (AvgIpc) is 2.75. The Morgan fingerprint density at radius 2 is 2.20 bits per heavy atom. The fourth-order valence-electron chi connectivity index (χ4n) is 2.08. The van der Waals surface area contributed by atoms with Crippen molar-refractivity contribution in [3.63, 3.8) is 0 Å². The maximum atomic E-state index is 13.1. The van der Waals surface area contributed by atoms with Gasteiger partial charge in [0.25, 0.3) is 5.92 Å². The van der Waals surface area contributed by atoms with Crippen LogP contribution in [0.15, 0.2) is 36.2 Å². The summed E-state index contributed by atoms with van der Waals surface area (Å²) in [6.45, 7) is 6.84. The maximum Gasteiger partial charge on any atom is 0.267 e. The number of nitrogens with one attached hydrogen (secondary N) is 1. The fourth-order valence-corrected chi connectivity index (χ4v) is 2.08. The number of amides is 1. The topological polar surface area (TPSA) is 58.4 Å². The van der Waals surface area contributed by atoms with E-state index in [2.05, 4.69) is 11.9 Å². The molecule has 112 valence electrons. The predicted molar refractivity (Wildman–Crippen MR) is 75.0 cm³/mol. The molecule has 4 nitrogen and oxygen atoms in total. The lowest BCUT2D eigenvalue weighted by Crippen LogP contribution is -2.44. The highest BCUT2D eigenvalue weighted by Crippen LogP contribution is 2.27. The first-order chi connectivity index (χ1) is 9.30. The van der Waals surface area contributed by atoms with Crippen molar-refractivity contribution in [3.05, 3.63) is 36.2 Å². The Bertz CT molecular complexity index is 444. The third-order valence-corrected chi connectivity index (χ3v) is 3.18. The minimum absolute atomic E-state index is 0.0868.